The minimum absolute atomic E-state index is 0.372. The van der Waals surface area contributed by atoms with Crippen LogP contribution in [0.3, 0.4) is 0 Å². The number of nitrogens with zero attached hydrogens (tertiary/aromatic N) is 5. The summed E-state index contributed by atoms with van der Waals surface area (Å²) in [5, 5.41) is 20.0. The van der Waals surface area contributed by atoms with E-state index < -0.39 is 5.40 Å². The number of nitrogens with one attached hydrogen (secondary N) is 3. The molecule has 1 saturated carbocycles. The fraction of sp³-hybridized carbons (Fsp3) is 0.435. The van der Waals surface area contributed by atoms with Crippen LogP contribution in [0.5, 0.6) is 0 Å². The number of ether oxygens (including phenoxy) is 1. The summed E-state index contributed by atoms with van der Waals surface area (Å²) >= 11 is 0. The molecule has 0 saturated heterocycles. The fourth-order valence-corrected chi connectivity index (χ4v) is 3.93. The molecule has 1 aliphatic carbocycles. The molecule has 0 spiro atoms. The first-order chi connectivity index (χ1) is 17.2. The lowest BCUT2D eigenvalue weighted by Crippen LogP contribution is -2.29. The van der Waals surface area contributed by atoms with Gasteiger partial charge in [0.15, 0.2) is 11.5 Å². The molecule has 11 nitrogen and oxygen atoms in total. The molecule has 2 heterocycles. The minimum atomic E-state index is -1.52. The molecular formula is C23H31B2N9O2. The van der Waals surface area contributed by atoms with Crippen molar-refractivity contribution in [1.82, 2.24) is 19.9 Å². The number of benzene rings is 1. The topological polar surface area (TPSA) is 143 Å². The van der Waals surface area contributed by atoms with E-state index in [-0.39, 0.29) is 0 Å². The van der Waals surface area contributed by atoms with Crippen LogP contribution in [0.1, 0.15) is 36.9 Å². The van der Waals surface area contributed by atoms with Gasteiger partial charge in [0.1, 0.15) is 21.4 Å². The normalized spacial score (nSPS) is 14.0. The smallest absolute Gasteiger partial charge is 0.207 e. The summed E-state index contributed by atoms with van der Waals surface area (Å²) in [5.41, 5.74) is 10.4. The van der Waals surface area contributed by atoms with E-state index in [1.165, 1.54) is 32.8 Å². The lowest BCUT2D eigenvalue weighted by atomic mass is 9.61. The Morgan fingerprint density at radius 3 is 2.58 bits per heavy atom. The molecule has 4 radical (unpaired) electrons. The second-order valence-electron chi connectivity index (χ2n) is 8.47. The van der Waals surface area contributed by atoms with Crippen molar-refractivity contribution in [3.8, 4) is 0 Å². The van der Waals surface area contributed by atoms with Gasteiger partial charge in [-0.3, -0.25) is 4.79 Å². The van der Waals surface area contributed by atoms with Crippen molar-refractivity contribution in [2.45, 2.75) is 44.0 Å². The summed E-state index contributed by atoms with van der Waals surface area (Å²) in [5.74, 6) is 0.540. The number of fused-ring (bicyclic) bond motifs is 1. The molecule has 36 heavy (non-hydrogen) atoms. The number of aromatic nitrogens is 3. The highest BCUT2D eigenvalue weighted by molar-refractivity contribution is 6.39. The number of hydrogen-bond acceptors (Lipinski definition) is 9. The molecule has 2 aromatic heterocycles. The van der Waals surface area contributed by atoms with Crippen molar-refractivity contribution < 1.29 is 9.53 Å². The zero-order chi connectivity index (χ0) is 26.3. The van der Waals surface area contributed by atoms with Crippen molar-refractivity contribution in [3.05, 3.63) is 35.7 Å². The van der Waals surface area contributed by atoms with Gasteiger partial charge < -0.3 is 26.4 Å². The number of carbonyl (C=O) groups is 1. The first-order valence-corrected chi connectivity index (χ1v) is 11.6. The number of nitrogen functional groups attached to an aromatic ring is 1. The largest absolute Gasteiger partial charge is 0.395 e. The van der Waals surface area contributed by atoms with Gasteiger partial charge in [0.05, 0.1) is 29.0 Å². The van der Waals surface area contributed by atoms with Crippen molar-refractivity contribution in [3.63, 3.8) is 0 Å². The number of rotatable bonds is 8. The number of nitrogens with two attached hydrogens (primary N) is 1. The van der Waals surface area contributed by atoms with Crippen LogP contribution in [-0.2, 0) is 14.9 Å². The summed E-state index contributed by atoms with van der Waals surface area (Å²) in [6, 6.07) is 5.64. The van der Waals surface area contributed by atoms with Gasteiger partial charge in [-0.25, -0.2) is 9.50 Å². The van der Waals surface area contributed by atoms with Gasteiger partial charge in [0.25, 0.3) is 0 Å². The third kappa shape index (κ3) is 6.14. The van der Waals surface area contributed by atoms with Crippen LogP contribution in [0.2, 0.25) is 0 Å². The zero-order valence-electron chi connectivity index (χ0n) is 21.1. The van der Waals surface area contributed by atoms with E-state index in [1.54, 1.807) is 29.9 Å². The van der Waals surface area contributed by atoms with Crippen molar-refractivity contribution >= 4 is 56.3 Å². The number of aryl methyl sites for hydroxylation is 1. The van der Waals surface area contributed by atoms with Crippen LogP contribution in [0, 0.1) is 6.92 Å². The molecule has 0 aliphatic heterocycles. The van der Waals surface area contributed by atoms with Gasteiger partial charge in [-0.2, -0.15) is 10.2 Å². The molecule has 13 heteroatoms. The predicted molar refractivity (Wildman–Crippen MR) is 143 cm³/mol. The molecule has 1 aromatic carbocycles. The minimum Gasteiger partial charge on any atom is -0.395 e. The number of carbonyl (C=O) groups excluding carboxylic acids is 1. The lowest BCUT2D eigenvalue weighted by Gasteiger charge is -2.26. The third-order valence-corrected chi connectivity index (χ3v) is 5.98. The molecule has 4 rings (SSSR count). The van der Waals surface area contributed by atoms with Crippen molar-refractivity contribution in [2.75, 3.05) is 37.6 Å². The van der Waals surface area contributed by atoms with E-state index in [0.29, 0.717) is 34.5 Å². The average Bonchev–Trinajstić information content (AvgIpc) is 3.52. The van der Waals surface area contributed by atoms with Crippen molar-refractivity contribution in [1.29, 1.82) is 0 Å². The summed E-state index contributed by atoms with van der Waals surface area (Å²) < 4.78 is 6.91. The molecule has 1 fully saturated rings. The molecule has 1 amide bonds. The Bertz CT molecular complexity index is 1220. The Morgan fingerprint density at radius 1 is 1.25 bits per heavy atom. The maximum atomic E-state index is 9.85. The molecule has 0 unspecified atom stereocenters. The van der Waals surface area contributed by atoms with E-state index in [9.17, 15) is 4.79 Å². The molecule has 3 aromatic rings. The molecule has 0 atom stereocenters. The van der Waals surface area contributed by atoms with Crippen LogP contribution in [0.25, 0.3) is 5.65 Å². The Morgan fingerprint density at radius 2 is 1.97 bits per heavy atom. The van der Waals surface area contributed by atoms with E-state index in [0.717, 1.165) is 23.4 Å². The second kappa shape index (κ2) is 11.9. The monoisotopic (exact) mass is 487 g/mol. The van der Waals surface area contributed by atoms with Crippen LogP contribution >= 0.6 is 0 Å². The number of methoxy groups -OCH3 is 1. The standard InChI is InChI=1S/C17H20B2N8O.C6H11NO/c1-9-8-23-16-13(21-2)7-14(26-27(9)16)24-11-5-10(17(18,19)28-4)6-12(15(11)20)25-22-3;8-5-7-6-3-1-2-4-6/h5-8,21H,20H2,1-4H3,(H,24,26);5-6H,1-4H2,(H,7,8). The average molecular weight is 487 g/mol. The lowest BCUT2D eigenvalue weighted by molar-refractivity contribution is -0.110. The van der Waals surface area contributed by atoms with Gasteiger partial charge in [0.2, 0.25) is 6.41 Å². The molecule has 0 bridgehead atoms. The van der Waals surface area contributed by atoms with E-state index in [4.69, 9.17) is 26.2 Å². The predicted octanol–water partition coefficient (Wildman–Crippen LogP) is 2.89. The number of amides is 1. The number of hydrogen-bond donors (Lipinski definition) is 4. The summed E-state index contributed by atoms with van der Waals surface area (Å²) in [4.78, 5) is 14.2. The Kier molecular flexibility index (Phi) is 8.92. The Hall–Kier alpha value is -3.60. The first-order valence-electron chi connectivity index (χ1n) is 11.6. The summed E-state index contributed by atoms with van der Waals surface area (Å²) in [7, 11) is 16.8. The molecule has 5 N–H and O–H groups in total. The first kappa shape index (κ1) is 27.0. The van der Waals surface area contributed by atoms with Crippen LogP contribution in [0.15, 0.2) is 34.6 Å². The highest BCUT2D eigenvalue weighted by atomic mass is 16.5. The van der Waals surface area contributed by atoms with Crippen LogP contribution in [0.4, 0.5) is 28.6 Å². The Labute approximate surface area is 213 Å². The quantitative estimate of drug-likeness (QED) is 0.166. The van der Waals surface area contributed by atoms with E-state index in [1.807, 2.05) is 20.0 Å². The van der Waals surface area contributed by atoms with Gasteiger partial charge in [0, 0.05) is 38.7 Å². The maximum Gasteiger partial charge on any atom is 0.207 e. The molecule has 186 valence electrons. The summed E-state index contributed by atoms with van der Waals surface area (Å²) in [6.07, 6.45) is 7.47. The molecular weight excluding hydrogens is 456 g/mol. The van der Waals surface area contributed by atoms with Gasteiger partial charge in [-0.1, -0.05) is 12.8 Å². The highest BCUT2D eigenvalue weighted by Gasteiger charge is 2.22. The number of azo groups is 1. The van der Waals surface area contributed by atoms with Gasteiger partial charge >= 0.3 is 0 Å². The number of imidazole rings is 1. The highest BCUT2D eigenvalue weighted by Crippen LogP contribution is 2.37. The second-order valence-corrected chi connectivity index (χ2v) is 8.47. The van der Waals surface area contributed by atoms with E-state index in [2.05, 4.69) is 36.3 Å². The number of anilines is 4. The molecule has 1 aliphatic rings. The van der Waals surface area contributed by atoms with Crippen LogP contribution in [-0.4, -0.2) is 63.9 Å². The summed E-state index contributed by atoms with van der Waals surface area (Å²) in [6.45, 7) is 1.92. The van der Waals surface area contributed by atoms with Crippen LogP contribution < -0.4 is 21.7 Å². The zero-order valence-corrected chi connectivity index (χ0v) is 21.1. The SMILES string of the molecule is O=CNC1CCCC1.[B]C([B])(OC)c1cc(N=NC)c(N)c(Nc2cc(NC)c3ncc(C)n3n2)c1. The van der Waals surface area contributed by atoms with E-state index >= 15 is 0 Å². The Balaban J connectivity index is 0.000000383. The fourth-order valence-electron chi connectivity index (χ4n) is 3.93. The van der Waals surface area contributed by atoms with Gasteiger partial charge in [-0.05, 0) is 37.5 Å². The maximum absolute atomic E-state index is 9.85. The van der Waals surface area contributed by atoms with Gasteiger partial charge in [-0.15, -0.1) is 5.10 Å². The third-order valence-electron chi connectivity index (χ3n) is 5.98. The van der Waals surface area contributed by atoms with Crippen molar-refractivity contribution in [2.24, 2.45) is 10.2 Å².